The van der Waals surface area contributed by atoms with E-state index >= 15 is 0 Å². The molecule has 5 atom stereocenters. The van der Waals surface area contributed by atoms with Crippen molar-refractivity contribution in [2.45, 2.75) is 37.5 Å². The van der Waals surface area contributed by atoms with Crippen molar-refractivity contribution in [1.82, 2.24) is 5.32 Å². The second-order valence-electron chi connectivity index (χ2n) is 8.59. The van der Waals surface area contributed by atoms with Gasteiger partial charge in [0.1, 0.15) is 5.60 Å². The molecule has 0 radical (unpaired) electrons. The molecule has 2 amide bonds. The second-order valence-corrected chi connectivity index (χ2v) is 8.59. The minimum absolute atomic E-state index is 0.0230. The summed E-state index contributed by atoms with van der Waals surface area (Å²) < 4.78 is 6.22. The van der Waals surface area contributed by atoms with Crippen molar-refractivity contribution in [3.05, 3.63) is 78.4 Å². The van der Waals surface area contributed by atoms with Crippen molar-refractivity contribution in [2.24, 2.45) is 11.8 Å². The van der Waals surface area contributed by atoms with E-state index in [2.05, 4.69) is 17.4 Å². The first-order valence-corrected chi connectivity index (χ1v) is 10.7. The number of aryl methyl sites for hydroxylation is 1. The van der Waals surface area contributed by atoms with Gasteiger partial charge >= 0.3 is 0 Å². The summed E-state index contributed by atoms with van der Waals surface area (Å²) in [5, 5.41) is 3.14. The number of fused-ring (bicyclic) bond motifs is 1. The number of nitrogens with one attached hydrogen (secondary N) is 1. The van der Waals surface area contributed by atoms with Gasteiger partial charge in [-0.2, -0.15) is 0 Å². The normalized spacial score (nSPS) is 29.8. The van der Waals surface area contributed by atoms with Gasteiger partial charge in [0.15, 0.2) is 0 Å². The van der Waals surface area contributed by atoms with Gasteiger partial charge in [0.2, 0.25) is 11.8 Å². The number of ether oxygens (including phenoxy) is 1. The second kappa shape index (κ2) is 7.40. The molecule has 1 N–H and O–H groups in total. The number of carbonyl (C=O) groups excluding carboxylic acids is 2. The SMILES string of the molecule is C[C@@H](CCc1ccccc1)NC(=O)[C@@H]1[C@H]2C(=O)N(c3ccccc3)C[C@]23C=C[C@H]1O3. The lowest BCUT2D eigenvalue weighted by Crippen LogP contribution is -2.46. The summed E-state index contributed by atoms with van der Waals surface area (Å²) in [5.41, 5.74) is 1.42. The van der Waals surface area contributed by atoms with Gasteiger partial charge in [-0.1, -0.05) is 60.7 Å². The zero-order chi connectivity index (χ0) is 20.7. The molecule has 3 aliphatic heterocycles. The lowest BCUT2D eigenvalue weighted by atomic mass is 9.76. The predicted molar refractivity (Wildman–Crippen MR) is 115 cm³/mol. The van der Waals surface area contributed by atoms with E-state index in [1.807, 2.05) is 67.6 Å². The maximum absolute atomic E-state index is 13.3. The van der Waals surface area contributed by atoms with Gasteiger partial charge in [0.25, 0.3) is 0 Å². The maximum Gasteiger partial charge on any atom is 0.234 e. The quantitative estimate of drug-likeness (QED) is 0.756. The lowest BCUT2D eigenvalue weighted by molar-refractivity contribution is -0.132. The van der Waals surface area contributed by atoms with Crippen LogP contribution in [0.3, 0.4) is 0 Å². The van der Waals surface area contributed by atoms with Gasteiger partial charge in [-0.25, -0.2) is 0 Å². The Morgan fingerprint density at radius 2 is 1.87 bits per heavy atom. The predicted octanol–water partition coefficient (Wildman–Crippen LogP) is 3.11. The fraction of sp³-hybridized carbons (Fsp3) is 0.360. The van der Waals surface area contributed by atoms with Crippen molar-refractivity contribution >= 4 is 17.5 Å². The number of nitrogens with zero attached hydrogens (tertiary/aromatic N) is 1. The molecule has 2 fully saturated rings. The Morgan fingerprint density at radius 3 is 2.60 bits per heavy atom. The average molecular weight is 402 g/mol. The molecule has 30 heavy (non-hydrogen) atoms. The molecule has 2 saturated heterocycles. The fourth-order valence-electron chi connectivity index (χ4n) is 5.06. The lowest BCUT2D eigenvalue weighted by Gasteiger charge is -2.25. The first kappa shape index (κ1) is 19.1. The van der Waals surface area contributed by atoms with Gasteiger partial charge in [-0.15, -0.1) is 0 Å². The molecule has 2 bridgehead atoms. The molecular formula is C25H26N2O3. The molecule has 5 rings (SSSR count). The Hall–Kier alpha value is -2.92. The summed E-state index contributed by atoms with van der Waals surface area (Å²) in [5.74, 6) is -1.05. The summed E-state index contributed by atoms with van der Waals surface area (Å²) >= 11 is 0. The number of para-hydroxylation sites is 1. The minimum Gasteiger partial charge on any atom is -0.360 e. The van der Waals surface area contributed by atoms with Crippen LogP contribution in [0.1, 0.15) is 18.9 Å². The van der Waals surface area contributed by atoms with Crippen molar-refractivity contribution in [1.29, 1.82) is 0 Å². The van der Waals surface area contributed by atoms with Crippen LogP contribution < -0.4 is 10.2 Å². The largest absolute Gasteiger partial charge is 0.360 e. The zero-order valence-electron chi connectivity index (χ0n) is 17.0. The van der Waals surface area contributed by atoms with Gasteiger partial charge in [-0.3, -0.25) is 9.59 Å². The first-order chi connectivity index (χ1) is 14.6. The van der Waals surface area contributed by atoms with Gasteiger partial charge < -0.3 is 15.0 Å². The summed E-state index contributed by atoms with van der Waals surface area (Å²) in [6.07, 6.45) is 5.38. The number of carbonyl (C=O) groups is 2. The third-order valence-electron chi connectivity index (χ3n) is 6.57. The van der Waals surface area contributed by atoms with E-state index in [1.165, 1.54) is 5.56 Å². The first-order valence-electron chi connectivity index (χ1n) is 10.7. The molecule has 3 heterocycles. The van der Waals surface area contributed by atoms with Crippen LogP contribution in [-0.2, 0) is 20.7 Å². The summed E-state index contributed by atoms with van der Waals surface area (Å²) in [4.78, 5) is 28.3. The number of hydrogen-bond acceptors (Lipinski definition) is 3. The monoisotopic (exact) mass is 402 g/mol. The molecule has 154 valence electrons. The molecule has 0 saturated carbocycles. The highest BCUT2D eigenvalue weighted by atomic mass is 16.5. The standard InChI is InChI=1S/C25H26N2O3/c1-17(12-13-18-8-4-2-5-9-18)26-23(28)21-20-14-15-25(30-20)16-27(24(29)22(21)25)19-10-6-3-7-11-19/h2-11,14-15,17,20-22H,12-13,16H2,1H3,(H,26,28)/t17-,20+,21-,22-,25+/m0/s1. The van der Waals surface area contributed by atoms with E-state index < -0.39 is 17.4 Å². The molecule has 0 unspecified atom stereocenters. The van der Waals surface area contributed by atoms with Crippen LogP contribution in [0.4, 0.5) is 5.69 Å². The van der Waals surface area contributed by atoms with E-state index in [-0.39, 0.29) is 24.0 Å². The average Bonchev–Trinajstić information content (AvgIpc) is 3.42. The molecule has 5 nitrogen and oxygen atoms in total. The summed E-state index contributed by atoms with van der Waals surface area (Å²) in [6.45, 7) is 2.48. The van der Waals surface area contributed by atoms with Crippen LogP contribution in [0.15, 0.2) is 72.8 Å². The van der Waals surface area contributed by atoms with E-state index in [9.17, 15) is 9.59 Å². The molecule has 0 aliphatic carbocycles. The van der Waals surface area contributed by atoms with Crippen LogP contribution in [0.5, 0.6) is 0 Å². The summed E-state index contributed by atoms with van der Waals surface area (Å²) in [6, 6.07) is 19.9. The molecule has 3 aliphatic rings. The van der Waals surface area contributed by atoms with E-state index in [0.29, 0.717) is 6.54 Å². The minimum atomic E-state index is -0.688. The Labute approximate surface area is 176 Å². The third-order valence-corrected chi connectivity index (χ3v) is 6.57. The Bertz CT molecular complexity index is 974. The van der Waals surface area contributed by atoms with Crippen LogP contribution in [-0.4, -0.2) is 36.1 Å². The third kappa shape index (κ3) is 3.14. The van der Waals surface area contributed by atoms with Crippen molar-refractivity contribution in [3.63, 3.8) is 0 Å². The molecule has 1 spiro atoms. The Morgan fingerprint density at radius 1 is 1.17 bits per heavy atom. The number of rotatable bonds is 6. The smallest absolute Gasteiger partial charge is 0.234 e. The zero-order valence-corrected chi connectivity index (χ0v) is 17.0. The van der Waals surface area contributed by atoms with Crippen molar-refractivity contribution in [2.75, 3.05) is 11.4 Å². The highest BCUT2D eigenvalue weighted by molar-refractivity contribution is 6.03. The fourth-order valence-corrected chi connectivity index (χ4v) is 5.06. The van der Waals surface area contributed by atoms with Crippen LogP contribution in [0, 0.1) is 11.8 Å². The van der Waals surface area contributed by atoms with Crippen LogP contribution in [0.25, 0.3) is 0 Å². The molecule has 2 aromatic rings. The number of anilines is 1. The van der Waals surface area contributed by atoms with Crippen molar-refractivity contribution < 1.29 is 14.3 Å². The van der Waals surface area contributed by atoms with E-state index in [0.717, 1.165) is 18.5 Å². The van der Waals surface area contributed by atoms with Crippen molar-refractivity contribution in [3.8, 4) is 0 Å². The number of amides is 2. The molecule has 5 heteroatoms. The van der Waals surface area contributed by atoms with E-state index in [4.69, 9.17) is 4.74 Å². The van der Waals surface area contributed by atoms with Crippen LogP contribution >= 0.6 is 0 Å². The highest BCUT2D eigenvalue weighted by Gasteiger charge is 2.67. The molecule has 2 aromatic carbocycles. The maximum atomic E-state index is 13.3. The van der Waals surface area contributed by atoms with Gasteiger partial charge in [0.05, 0.1) is 24.5 Å². The molecular weight excluding hydrogens is 376 g/mol. The Kier molecular flexibility index (Phi) is 4.70. The van der Waals surface area contributed by atoms with E-state index in [1.54, 1.807) is 4.90 Å². The van der Waals surface area contributed by atoms with Gasteiger partial charge in [-0.05, 0) is 37.5 Å². The topological polar surface area (TPSA) is 58.6 Å². The highest BCUT2D eigenvalue weighted by Crippen LogP contribution is 2.52. The Balaban J connectivity index is 1.29. The molecule has 0 aromatic heterocycles. The number of hydrogen-bond donors (Lipinski definition) is 1. The van der Waals surface area contributed by atoms with Crippen LogP contribution in [0.2, 0.25) is 0 Å². The number of benzene rings is 2. The summed E-state index contributed by atoms with van der Waals surface area (Å²) in [7, 11) is 0. The van der Waals surface area contributed by atoms with Gasteiger partial charge in [0, 0.05) is 11.7 Å².